The van der Waals surface area contributed by atoms with Gasteiger partial charge in [0, 0.05) is 12.3 Å². The molecule has 1 aromatic rings. The molecule has 1 heterocycles. The average Bonchev–Trinajstić information content (AvgIpc) is 2.20. The molecule has 0 aliphatic carbocycles. The van der Waals surface area contributed by atoms with E-state index in [9.17, 15) is 14.7 Å². The van der Waals surface area contributed by atoms with E-state index in [1.165, 1.54) is 6.20 Å². The van der Waals surface area contributed by atoms with Crippen molar-refractivity contribution in [3.05, 3.63) is 33.1 Å². The van der Waals surface area contributed by atoms with Crippen molar-refractivity contribution in [1.29, 1.82) is 0 Å². The fourth-order valence-electron chi connectivity index (χ4n) is 1.03. The van der Waals surface area contributed by atoms with E-state index in [4.69, 9.17) is 10.2 Å². The lowest BCUT2D eigenvalue weighted by Gasteiger charge is -2.16. The van der Waals surface area contributed by atoms with Gasteiger partial charge in [0.05, 0.1) is 13.2 Å². The van der Waals surface area contributed by atoms with Crippen LogP contribution in [0.15, 0.2) is 21.9 Å². The van der Waals surface area contributed by atoms with Crippen LogP contribution in [-0.4, -0.2) is 43.7 Å². The zero-order chi connectivity index (χ0) is 11.4. The number of nitrogens with one attached hydrogen (secondary N) is 1. The van der Waals surface area contributed by atoms with E-state index in [-0.39, 0.29) is 6.54 Å². The Morgan fingerprint density at radius 1 is 1.33 bits per heavy atom. The van der Waals surface area contributed by atoms with Gasteiger partial charge >= 0.3 is 5.69 Å². The lowest BCUT2D eigenvalue weighted by atomic mass is 10.2. The van der Waals surface area contributed by atoms with Gasteiger partial charge in [-0.15, -0.1) is 0 Å². The first kappa shape index (κ1) is 11.6. The highest BCUT2D eigenvalue weighted by atomic mass is 16.4. The van der Waals surface area contributed by atoms with E-state index in [1.807, 2.05) is 4.98 Å². The van der Waals surface area contributed by atoms with Gasteiger partial charge in [0.1, 0.15) is 12.2 Å². The molecule has 0 saturated carbocycles. The van der Waals surface area contributed by atoms with Crippen LogP contribution >= 0.6 is 0 Å². The minimum absolute atomic E-state index is 0.197. The molecule has 7 nitrogen and oxygen atoms in total. The summed E-state index contributed by atoms with van der Waals surface area (Å²) >= 11 is 0. The highest BCUT2D eigenvalue weighted by molar-refractivity contribution is 4.83. The molecule has 0 radical (unpaired) electrons. The number of aliphatic hydroxyl groups excluding tert-OH is 3. The molecular formula is C8H12N2O5. The van der Waals surface area contributed by atoms with Crippen LogP contribution in [-0.2, 0) is 6.54 Å². The van der Waals surface area contributed by atoms with Crippen LogP contribution in [0.2, 0.25) is 0 Å². The van der Waals surface area contributed by atoms with Crippen LogP contribution in [0.25, 0.3) is 0 Å². The third kappa shape index (κ3) is 3.01. The normalized spacial score (nSPS) is 14.9. The van der Waals surface area contributed by atoms with E-state index >= 15 is 0 Å². The molecule has 0 amide bonds. The molecule has 1 aromatic heterocycles. The number of aromatic nitrogens is 2. The molecule has 0 saturated heterocycles. The maximum Gasteiger partial charge on any atom is 0.328 e. The number of aromatic amines is 1. The van der Waals surface area contributed by atoms with Crippen LogP contribution in [0.1, 0.15) is 0 Å². The minimum Gasteiger partial charge on any atom is -0.394 e. The lowest BCUT2D eigenvalue weighted by molar-refractivity contribution is -0.0221. The van der Waals surface area contributed by atoms with Crippen molar-refractivity contribution in [3.8, 4) is 0 Å². The van der Waals surface area contributed by atoms with Crippen molar-refractivity contribution >= 4 is 0 Å². The smallest absolute Gasteiger partial charge is 0.328 e. The summed E-state index contributed by atoms with van der Waals surface area (Å²) in [6.07, 6.45) is -1.38. The maximum absolute atomic E-state index is 11.1. The number of H-pyrrole nitrogens is 1. The van der Waals surface area contributed by atoms with Crippen molar-refractivity contribution in [2.45, 2.75) is 18.8 Å². The summed E-state index contributed by atoms with van der Waals surface area (Å²) in [6.45, 7) is -0.795. The number of nitrogens with zero attached hydrogens (tertiary/aromatic N) is 1. The second-order valence-electron chi connectivity index (χ2n) is 3.08. The zero-order valence-electron chi connectivity index (χ0n) is 7.83. The third-order valence-electron chi connectivity index (χ3n) is 1.91. The SMILES string of the molecule is O=c1ccn(C[C@@H](O)[C@H](O)CO)c(=O)[nH]1. The first-order valence-electron chi connectivity index (χ1n) is 4.31. The molecule has 2 atom stereocenters. The summed E-state index contributed by atoms with van der Waals surface area (Å²) < 4.78 is 1.03. The Hall–Kier alpha value is -1.44. The summed E-state index contributed by atoms with van der Waals surface area (Å²) in [5, 5.41) is 26.9. The largest absolute Gasteiger partial charge is 0.394 e. The molecule has 0 aliphatic rings. The predicted molar refractivity (Wildman–Crippen MR) is 50.4 cm³/mol. The zero-order valence-corrected chi connectivity index (χ0v) is 7.83. The van der Waals surface area contributed by atoms with Crippen molar-refractivity contribution in [2.75, 3.05) is 6.61 Å². The van der Waals surface area contributed by atoms with E-state index in [0.717, 1.165) is 10.6 Å². The highest BCUT2D eigenvalue weighted by Gasteiger charge is 2.15. The Morgan fingerprint density at radius 3 is 2.53 bits per heavy atom. The Labute approximate surface area is 84.2 Å². The second kappa shape index (κ2) is 4.87. The van der Waals surface area contributed by atoms with Crippen LogP contribution in [0, 0.1) is 0 Å². The molecule has 0 unspecified atom stereocenters. The van der Waals surface area contributed by atoms with E-state index in [1.54, 1.807) is 0 Å². The van der Waals surface area contributed by atoms with E-state index < -0.39 is 30.1 Å². The fraction of sp³-hybridized carbons (Fsp3) is 0.500. The monoisotopic (exact) mass is 216 g/mol. The van der Waals surface area contributed by atoms with Crippen LogP contribution < -0.4 is 11.2 Å². The maximum atomic E-state index is 11.1. The number of aliphatic hydroxyl groups is 3. The van der Waals surface area contributed by atoms with E-state index in [0.29, 0.717) is 0 Å². The summed E-state index contributed by atoms with van der Waals surface area (Å²) in [4.78, 5) is 23.8. The average molecular weight is 216 g/mol. The van der Waals surface area contributed by atoms with Crippen molar-refractivity contribution in [1.82, 2.24) is 9.55 Å². The van der Waals surface area contributed by atoms with Gasteiger partial charge in [-0.05, 0) is 0 Å². The minimum atomic E-state index is -1.32. The van der Waals surface area contributed by atoms with Crippen LogP contribution in [0.4, 0.5) is 0 Å². The van der Waals surface area contributed by atoms with Gasteiger partial charge in [0.25, 0.3) is 5.56 Å². The molecule has 84 valence electrons. The molecule has 4 N–H and O–H groups in total. The topological polar surface area (TPSA) is 116 Å². The molecule has 0 aromatic carbocycles. The van der Waals surface area contributed by atoms with Gasteiger partial charge in [-0.2, -0.15) is 0 Å². The van der Waals surface area contributed by atoms with Crippen molar-refractivity contribution in [3.63, 3.8) is 0 Å². The van der Waals surface area contributed by atoms with Gasteiger partial charge in [-0.1, -0.05) is 0 Å². The third-order valence-corrected chi connectivity index (χ3v) is 1.91. The quantitative estimate of drug-likeness (QED) is 0.435. The van der Waals surface area contributed by atoms with Gasteiger partial charge in [-0.3, -0.25) is 14.3 Å². The van der Waals surface area contributed by atoms with Gasteiger partial charge in [0.15, 0.2) is 0 Å². The molecule has 0 bridgehead atoms. The second-order valence-corrected chi connectivity index (χ2v) is 3.08. The number of hydrogen-bond donors (Lipinski definition) is 4. The Morgan fingerprint density at radius 2 is 2.00 bits per heavy atom. The van der Waals surface area contributed by atoms with Gasteiger partial charge in [-0.25, -0.2) is 4.79 Å². The number of rotatable bonds is 4. The lowest BCUT2D eigenvalue weighted by Crippen LogP contribution is -2.38. The summed E-state index contributed by atoms with van der Waals surface area (Å²) in [5.41, 5.74) is -1.21. The summed E-state index contributed by atoms with van der Waals surface area (Å²) in [5.74, 6) is 0. The standard InChI is InChI=1S/C8H12N2O5/c11-4-6(13)5(12)3-10-2-1-7(14)9-8(10)15/h1-2,5-6,11-13H,3-4H2,(H,9,14,15)/t5-,6-/m1/s1. The summed E-state index contributed by atoms with van der Waals surface area (Å²) in [7, 11) is 0. The van der Waals surface area contributed by atoms with Crippen molar-refractivity contribution < 1.29 is 15.3 Å². The number of hydrogen-bond acceptors (Lipinski definition) is 5. The first-order valence-corrected chi connectivity index (χ1v) is 4.31. The molecule has 1 rings (SSSR count). The Kier molecular flexibility index (Phi) is 3.78. The predicted octanol–water partition coefficient (Wildman–Crippen LogP) is -2.75. The molecule has 0 aliphatic heterocycles. The Bertz CT molecular complexity index is 424. The highest BCUT2D eigenvalue weighted by Crippen LogP contribution is 1.94. The van der Waals surface area contributed by atoms with E-state index in [2.05, 4.69) is 0 Å². The molecule has 7 heteroatoms. The molecule has 0 fully saturated rings. The first-order chi connectivity index (χ1) is 7.04. The van der Waals surface area contributed by atoms with Crippen LogP contribution in [0.3, 0.4) is 0 Å². The Balaban J connectivity index is 2.81. The van der Waals surface area contributed by atoms with Gasteiger partial charge in [0.2, 0.25) is 0 Å². The van der Waals surface area contributed by atoms with Gasteiger partial charge < -0.3 is 15.3 Å². The van der Waals surface area contributed by atoms with Crippen LogP contribution in [0.5, 0.6) is 0 Å². The van der Waals surface area contributed by atoms with Crippen molar-refractivity contribution in [2.24, 2.45) is 0 Å². The summed E-state index contributed by atoms with van der Waals surface area (Å²) in [6, 6.07) is 1.12. The fourth-order valence-corrected chi connectivity index (χ4v) is 1.03. The molecule has 15 heavy (non-hydrogen) atoms. The molecule has 0 spiro atoms. The molecular weight excluding hydrogens is 204 g/mol.